The van der Waals surface area contributed by atoms with E-state index in [0.29, 0.717) is 21.1 Å². The lowest BCUT2D eigenvalue weighted by molar-refractivity contribution is -0.122. The van der Waals surface area contributed by atoms with Crippen LogP contribution in [0.4, 0.5) is 16.0 Å². The van der Waals surface area contributed by atoms with Crippen molar-refractivity contribution < 1.29 is 14.4 Å². The van der Waals surface area contributed by atoms with E-state index in [0.717, 1.165) is 11.3 Å². The van der Waals surface area contributed by atoms with Crippen LogP contribution in [0.25, 0.3) is 0 Å². The average Bonchev–Trinajstić information content (AvgIpc) is 3.48. The number of thioether (sulfide) groups is 1. The molecule has 0 bridgehead atoms. The molecule has 1 saturated heterocycles. The smallest absolute Gasteiger partial charge is 0.236 e. The first-order valence-electron chi connectivity index (χ1n) is 9.31. The number of aromatic nitrogens is 3. The van der Waals surface area contributed by atoms with Crippen LogP contribution in [0, 0.1) is 12.8 Å². The Labute approximate surface area is 190 Å². The average molecular weight is 475 g/mol. The third-order valence-corrected chi connectivity index (χ3v) is 7.11. The highest BCUT2D eigenvalue weighted by atomic mass is 32.2. The van der Waals surface area contributed by atoms with Crippen molar-refractivity contribution in [1.82, 2.24) is 15.2 Å². The van der Waals surface area contributed by atoms with Gasteiger partial charge in [-0.3, -0.25) is 14.4 Å². The van der Waals surface area contributed by atoms with Crippen LogP contribution in [0.3, 0.4) is 0 Å². The summed E-state index contributed by atoms with van der Waals surface area (Å²) in [6, 6.07) is 7.65. The van der Waals surface area contributed by atoms with Crippen molar-refractivity contribution in [3.05, 3.63) is 41.4 Å². The van der Waals surface area contributed by atoms with Crippen molar-refractivity contribution in [3.63, 3.8) is 0 Å². The molecular formula is C19H18N6O3S3. The summed E-state index contributed by atoms with van der Waals surface area (Å²) in [4.78, 5) is 42.6. The highest BCUT2D eigenvalue weighted by Gasteiger charge is 2.35. The zero-order valence-corrected chi connectivity index (χ0v) is 18.9. The Morgan fingerprint density at radius 1 is 1.26 bits per heavy atom. The number of aryl methyl sites for hydroxylation is 1. The van der Waals surface area contributed by atoms with Gasteiger partial charge < -0.3 is 15.5 Å². The monoisotopic (exact) mass is 474 g/mol. The fourth-order valence-electron chi connectivity index (χ4n) is 3.02. The van der Waals surface area contributed by atoms with E-state index in [1.165, 1.54) is 34.4 Å². The van der Waals surface area contributed by atoms with Gasteiger partial charge in [-0.25, -0.2) is 4.98 Å². The van der Waals surface area contributed by atoms with Crippen molar-refractivity contribution in [2.45, 2.75) is 17.7 Å². The number of hydrogen-bond acceptors (Lipinski definition) is 9. The summed E-state index contributed by atoms with van der Waals surface area (Å²) in [5.41, 5.74) is 1.85. The van der Waals surface area contributed by atoms with Crippen LogP contribution in [0.15, 0.2) is 40.2 Å². The Balaban J connectivity index is 1.29. The molecule has 1 atom stereocenters. The molecule has 4 rings (SSSR count). The zero-order chi connectivity index (χ0) is 21.8. The molecule has 3 aromatic rings. The van der Waals surface area contributed by atoms with Gasteiger partial charge in [-0.1, -0.05) is 35.2 Å². The Bertz CT molecular complexity index is 1100. The molecule has 0 saturated carbocycles. The third-order valence-electron chi connectivity index (χ3n) is 4.45. The van der Waals surface area contributed by atoms with Crippen molar-refractivity contribution in [2.24, 2.45) is 5.92 Å². The van der Waals surface area contributed by atoms with Crippen LogP contribution in [0.5, 0.6) is 0 Å². The highest BCUT2D eigenvalue weighted by Crippen LogP contribution is 2.29. The second-order valence-electron chi connectivity index (χ2n) is 6.78. The minimum atomic E-state index is -0.461. The normalized spacial score (nSPS) is 15.8. The molecule has 2 N–H and O–H groups in total. The Kier molecular flexibility index (Phi) is 6.59. The molecule has 1 fully saturated rings. The van der Waals surface area contributed by atoms with E-state index < -0.39 is 5.92 Å². The standard InChI is InChI=1S/C19H18N6O3S3/c1-11-3-2-4-13(7-11)25-9-12(8-15(25)27)16(28)22-18-23-24-19(31-18)30-10-14(26)21-17-20-5-6-29-17/h2-7,12H,8-10H2,1H3,(H,20,21,26)(H,22,23,28)/t12-/m0/s1. The van der Waals surface area contributed by atoms with E-state index in [1.54, 1.807) is 16.5 Å². The molecule has 31 heavy (non-hydrogen) atoms. The highest BCUT2D eigenvalue weighted by molar-refractivity contribution is 8.01. The number of anilines is 3. The quantitative estimate of drug-likeness (QED) is 0.399. The minimum Gasteiger partial charge on any atom is -0.312 e. The topological polar surface area (TPSA) is 117 Å². The van der Waals surface area contributed by atoms with Crippen molar-refractivity contribution in [2.75, 3.05) is 27.8 Å². The minimum absolute atomic E-state index is 0.0782. The van der Waals surface area contributed by atoms with Gasteiger partial charge in [0.2, 0.25) is 22.9 Å². The molecule has 0 aliphatic carbocycles. The molecular weight excluding hydrogens is 456 g/mol. The number of carbonyl (C=O) groups is 3. The number of nitrogens with one attached hydrogen (secondary N) is 2. The number of amides is 3. The van der Waals surface area contributed by atoms with Crippen LogP contribution in [-0.2, 0) is 14.4 Å². The van der Waals surface area contributed by atoms with E-state index in [1.807, 2.05) is 31.2 Å². The molecule has 12 heteroatoms. The summed E-state index contributed by atoms with van der Waals surface area (Å²) >= 11 is 3.76. The second kappa shape index (κ2) is 9.54. The zero-order valence-electron chi connectivity index (χ0n) is 16.4. The number of benzene rings is 1. The van der Waals surface area contributed by atoms with Gasteiger partial charge in [-0.15, -0.1) is 21.5 Å². The Hall–Kier alpha value is -2.83. The lowest BCUT2D eigenvalue weighted by Crippen LogP contribution is -2.28. The SMILES string of the molecule is Cc1cccc(N2C[C@@H](C(=O)Nc3nnc(SCC(=O)Nc4nccs4)s3)CC2=O)c1. The first kappa shape index (κ1) is 21.4. The summed E-state index contributed by atoms with van der Waals surface area (Å²) in [5, 5.41) is 16.1. The van der Waals surface area contributed by atoms with Gasteiger partial charge in [-0.05, 0) is 24.6 Å². The van der Waals surface area contributed by atoms with E-state index in [9.17, 15) is 14.4 Å². The summed E-state index contributed by atoms with van der Waals surface area (Å²) < 4.78 is 0.563. The van der Waals surface area contributed by atoms with Crippen LogP contribution < -0.4 is 15.5 Å². The molecule has 0 radical (unpaired) electrons. The van der Waals surface area contributed by atoms with Crippen LogP contribution in [-0.4, -0.2) is 45.2 Å². The van der Waals surface area contributed by atoms with Gasteiger partial charge in [0.1, 0.15) is 0 Å². The Morgan fingerprint density at radius 3 is 2.90 bits per heavy atom. The molecule has 160 valence electrons. The number of carbonyl (C=O) groups excluding carboxylic acids is 3. The molecule has 3 amide bonds. The fraction of sp³-hybridized carbons (Fsp3) is 0.263. The maximum atomic E-state index is 12.6. The van der Waals surface area contributed by atoms with Gasteiger partial charge in [0.25, 0.3) is 0 Å². The summed E-state index contributed by atoms with van der Waals surface area (Å²) in [6.07, 6.45) is 1.77. The molecule has 2 aromatic heterocycles. The molecule has 1 aliphatic rings. The van der Waals surface area contributed by atoms with Crippen LogP contribution >= 0.6 is 34.4 Å². The fourth-order valence-corrected chi connectivity index (χ4v) is 5.12. The third kappa shape index (κ3) is 5.46. The lowest BCUT2D eigenvalue weighted by atomic mass is 10.1. The molecule has 3 heterocycles. The molecule has 1 aromatic carbocycles. The van der Waals surface area contributed by atoms with Crippen molar-refractivity contribution >= 4 is 68.1 Å². The second-order valence-corrected chi connectivity index (χ2v) is 9.88. The summed E-state index contributed by atoms with van der Waals surface area (Å²) in [7, 11) is 0. The van der Waals surface area contributed by atoms with Gasteiger partial charge in [0.05, 0.1) is 11.7 Å². The van der Waals surface area contributed by atoms with Crippen molar-refractivity contribution in [3.8, 4) is 0 Å². The number of thiazole rings is 1. The van der Waals surface area contributed by atoms with E-state index in [-0.39, 0.29) is 29.9 Å². The van der Waals surface area contributed by atoms with E-state index in [2.05, 4.69) is 25.8 Å². The molecule has 9 nitrogen and oxygen atoms in total. The van der Waals surface area contributed by atoms with Gasteiger partial charge in [-0.2, -0.15) is 0 Å². The van der Waals surface area contributed by atoms with E-state index >= 15 is 0 Å². The molecule has 0 spiro atoms. The predicted octanol–water partition coefficient (Wildman–Crippen LogP) is 3.03. The number of rotatable bonds is 7. The van der Waals surface area contributed by atoms with Crippen LogP contribution in [0.2, 0.25) is 0 Å². The molecule has 0 unspecified atom stereocenters. The van der Waals surface area contributed by atoms with Gasteiger partial charge >= 0.3 is 0 Å². The molecule has 1 aliphatic heterocycles. The first-order valence-corrected chi connectivity index (χ1v) is 12.0. The number of nitrogens with zero attached hydrogens (tertiary/aromatic N) is 4. The Morgan fingerprint density at radius 2 is 2.13 bits per heavy atom. The predicted molar refractivity (Wildman–Crippen MR) is 122 cm³/mol. The van der Waals surface area contributed by atoms with Gasteiger partial charge in [0.15, 0.2) is 9.47 Å². The largest absolute Gasteiger partial charge is 0.312 e. The van der Waals surface area contributed by atoms with Crippen molar-refractivity contribution in [1.29, 1.82) is 0 Å². The summed E-state index contributed by atoms with van der Waals surface area (Å²) in [5.74, 6) is -0.841. The number of hydrogen-bond donors (Lipinski definition) is 2. The van der Waals surface area contributed by atoms with Crippen LogP contribution in [0.1, 0.15) is 12.0 Å². The first-order chi connectivity index (χ1) is 15.0. The van der Waals surface area contributed by atoms with Gasteiger partial charge in [0, 0.05) is 30.2 Å². The maximum Gasteiger partial charge on any atom is 0.236 e. The maximum absolute atomic E-state index is 12.6. The summed E-state index contributed by atoms with van der Waals surface area (Å²) in [6.45, 7) is 2.29. The van der Waals surface area contributed by atoms with E-state index in [4.69, 9.17) is 0 Å². The lowest BCUT2D eigenvalue weighted by Gasteiger charge is -2.17.